The van der Waals surface area contributed by atoms with Crippen LogP contribution < -0.4 is 0 Å². The standard InChI is InChI=1S/C19H19NO/c21-20-10-8-14(9-11-20)18-7-3-6-17-12-15-4-1-2-5-16(15)13-19(17)18/h1-7,12-14,21H,8-11H2. The zero-order chi connectivity index (χ0) is 14.2. The minimum Gasteiger partial charge on any atom is -0.314 e. The Bertz CT molecular complexity index is 788. The van der Waals surface area contributed by atoms with Gasteiger partial charge in [-0.25, -0.2) is 0 Å². The van der Waals surface area contributed by atoms with Gasteiger partial charge in [0.25, 0.3) is 0 Å². The van der Waals surface area contributed by atoms with Gasteiger partial charge in [0.1, 0.15) is 0 Å². The monoisotopic (exact) mass is 277 g/mol. The van der Waals surface area contributed by atoms with E-state index in [2.05, 4.69) is 54.6 Å². The van der Waals surface area contributed by atoms with Gasteiger partial charge < -0.3 is 5.21 Å². The smallest absolute Gasteiger partial charge is 0.0244 e. The molecule has 0 radical (unpaired) electrons. The Balaban J connectivity index is 1.86. The Hall–Kier alpha value is -1.90. The molecule has 2 heteroatoms. The first-order valence-corrected chi connectivity index (χ1v) is 7.66. The van der Waals surface area contributed by atoms with E-state index in [0.29, 0.717) is 5.92 Å². The van der Waals surface area contributed by atoms with Crippen LogP contribution in [0.15, 0.2) is 54.6 Å². The molecule has 1 heterocycles. The van der Waals surface area contributed by atoms with Gasteiger partial charge in [-0.05, 0) is 58.0 Å². The quantitative estimate of drug-likeness (QED) is 0.659. The summed E-state index contributed by atoms with van der Waals surface area (Å²) in [5.74, 6) is 0.554. The SMILES string of the molecule is ON1CCC(c2cccc3cc4ccccc4cc23)CC1. The van der Waals surface area contributed by atoms with Gasteiger partial charge in [0.2, 0.25) is 0 Å². The number of piperidine rings is 1. The summed E-state index contributed by atoms with van der Waals surface area (Å²) in [4.78, 5) is 0. The van der Waals surface area contributed by atoms with E-state index in [9.17, 15) is 5.21 Å². The van der Waals surface area contributed by atoms with Crippen molar-refractivity contribution in [1.29, 1.82) is 0 Å². The molecule has 3 aromatic rings. The second kappa shape index (κ2) is 5.14. The van der Waals surface area contributed by atoms with Gasteiger partial charge in [0.05, 0.1) is 0 Å². The Morgan fingerprint density at radius 1 is 0.810 bits per heavy atom. The van der Waals surface area contributed by atoms with Crippen LogP contribution in [0.3, 0.4) is 0 Å². The highest BCUT2D eigenvalue weighted by atomic mass is 16.5. The molecule has 21 heavy (non-hydrogen) atoms. The van der Waals surface area contributed by atoms with Crippen LogP contribution in [0.25, 0.3) is 21.5 Å². The van der Waals surface area contributed by atoms with Crippen LogP contribution in [0, 0.1) is 0 Å². The van der Waals surface area contributed by atoms with Crippen molar-refractivity contribution in [2.75, 3.05) is 13.1 Å². The summed E-state index contributed by atoms with van der Waals surface area (Å²) in [6.45, 7) is 1.54. The van der Waals surface area contributed by atoms with Gasteiger partial charge in [-0.3, -0.25) is 0 Å². The number of rotatable bonds is 1. The van der Waals surface area contributed by atoms with Crippen molar-refractivity contribution in [2.24, 2.45) is 0 Å². The lowest BCUT2D eigenvalue weighted by atomic mass is 9.86. The minimum atomic E-state index is 0.554. The lowest BCUT2D eigenvalue weighted by Crippen LogP contribution is -2.29. The first-order valence-electron chi connectivity index (χ1n) is 7.66. The summed E-state index contributed by atoms with van der Waals surface area (Å²) >= 11 is 0. The van der Waals surface area contributed by atoms with Crippen molar-refractivity contribution < 1.29 is 5.21 Å². The van der Waals surface area contributed by atoms with Crippen LogP contribution in [0.1, 0.15) is 24.3 Å². The average Bonchev–Trinajstić information content (AvgIpc) is 2.53. The summed E-state index contributed by atoms with van der Waals surface area (Å²) in [6, 6.07) is 19.8. The number of fused-ring (bicyclic) bond motifs is 2. The Labute approximate surface area is 124 Å². The van der Waals surface area contributed by atoms with Crippen molar-refractivity contribution in [3.8, 4) is 0 Å². The van der Waals surface area contributed by atoms with Crippen LogP contribution in [0.2, 0.25) is 0 Å². The first kappa shape index (κ1) is 12.8. The maximum Gasteiger partial charge on any atom is 0.0244 e. The molecule has 0 aromatic heterocycles. The molecule has 0 amide bonds. The van der Waals surface area contributed by atoms with Gasteiger partial charge in [-0.15, -0.1) is 0 Å². The molecule has 1 aliphatic rings. The fourth-order valence-electron chi connectivity index (χ4n) is 3.52. The van der Waals surface area contributed by atoms with Crippen molar-refractivity contribution in [3.63, 3.8) is 0 Å². The molecule has 4 rings (SSSR count). The summed E-state index contributed by atoms with van der Waals surface area (Å²) in [5, 5.41) is 16.3. The fourth-order valence-corrected chi connectivity index (χ4v) is 3.52. The molecule has 0 spiro atoms. The molecule has 1 fully saturated rings. The largest absolute Gasteiger partial charge is 0.314 e. The third kappa shape index (κ3) is 2.31. The third-order valence-electron chi connectivity index (χ3n) is 4.69. The van der Waals surface area contributed by atoms with E-state index in [1.807, 2.05) is 0 Å². The highest BCUT2D eigenvalue weighted by molar-refractivity contribution is 5.99. The molecular formula is C19H19NO. The lowest BCUT2D eigenvalue weighted by molar-refractivity contribution is -0.106. The molecule has 0 aliphatic carbocycles. The zero-order valence-corrected chi connectivity index (χ0v) is 12.0. The molecule has 1 aliphatic heterocycles. The average molecular weight is 277 g/mol. The number of hydrogen-bond donors (Lipinski definition) is 1. The zero-order valence-electron chi connectivity index (χ0n) is 12.0. The third-order valence-corrected chi connectivity index (χ3v) is 4.69. The van der Waals surface area contributed by atoms with Crippen LogP contribution in [0.5, 0.6) is 0 Å². The first-order chi connectivity index (χ1) is 10.3. The van der Waals surface area contributed by atoms with E-state index >= 15 is 0 Å². The van der Waals surface area contributed by atoms with E-state index in [-0.39, 0.29) is 0 Å². The summed E-state index contributed by atoms with van der Waals surface area (Å²) in [6.07, 6.45) is 2.06. The minimum absolute atomic E-state index is 0.554. The van der Waals surface area contributed by atoms with Crippen molar-refractivity contribution in [2.45, 2.75) is 18.8 Å². The summed E-state index contributed by atoms with van der Waals surface area (Å²) in [7, 11) is 0. The maximum absolute atomic E-state index is 9.56. The Morgan fingerprint density at radius 2 is 1.48 bits per heavy atom. The molecule has 106 valence electrons. The second-order valence-electron chi connectivity index (χ2n) is 6.00. The molecule has 2 nitrogen and oxygen atoms in total. The van der Waals surface area contributed by atoms with Crippen LogP contribution in [0.4, 0.5) is 0 Å². The van der Waals surface area contributed by atoms with E-state index in [0.717, 1.165) is 25.9 Å². The van der Waals surface area contributed by atoms with Gasteiger partial charge in [0.15, 0.2) is 0 Å². The van der Waals surface area contributed by atoms with Crippen molar-refractivity contribution in [3.05, 3.63) is 60.2 Å². The van der Waals surface area contributed by atoms with E-state index in [4.69, 9.17) is 0 Å². The molecule has 0 bridgehead atoms. The summed E-state index contributed by atoms with van der Waals surface area (Å²) < 4.78 is 0. The Morgan fingerprint density at radius 3 is 2.24 bits per heavy atom. The normalized spacial score (nSPS) is 17.6. The van der Waals surface area contributed by atoms with E-state index in [1.165, 1.54) is 32.2 Å². The number of hydroxylamine groups is 2. The summed E-state index contributed by atoms with van der Waals surface area (Å²) in [5.41, 5.74) is 1.44. The molecule has 0 saturated carbocycles. The fraction of sp³-hybridized carbons (Fsp3) is 0.263. The molecular weight excluding hydrogens is 258 g/mol. The second-order valence-corrected chi connectivity index (χ2v) is 6.00. The molecule has 3 aromatic carbocycles. The van der Waals surface area contributed by atoms with Crippen LogP contribution >= 0.6 is 0 Å². The van der Waals surface area contributed by atoms with Gasteiger partial charge in [-0.2, -0.15) is 5.06 Å². The maximum atomic E-state index is 9.56. The van der Waals surface area contributed by atoms with Crippen molar-refractivity contribution in [1.82, 2.24) is 5.06 Å². The molecule has 1 saturated heterocycles. The lowest BCUT2D eigenvalue weighted by Gasteiger charge is -2.28. The number of hydrogen-bond acceptors (Lipinski definition) is 2. The van der Waals surface area contributed by atoms with Gasteiger partial charge in [-0.1, -0.05) is 42.5 Å². The predicted octanol–water partition coefficient (Wildman–Crippen LogP) is 4.56. The predicted molar refractivity (Wildman–Crippen MR) is 86.8 cm³/mol. The van der Waals surface area contributed by atoms with Crippen LogP contribution in [-0.4, -0.2) is 23.4 Å². The van der Waals surface area contributed by atoms with Gasteiger partial charge in [0, 0.05) is 13.1 Å². The highest BCUT2D eigenvalue weighted by Crippen LogP contribution is 2.34. The molecule has 0 atom stereocenters. The molecule has 1 N–H and O–H groups in total. The van der Waals surface area contributed by atoms with Gasteiger partial charge >= 0.3 is 0 Å². The van der Waals surface area contributed by atoms with E-state index < -0.39 is 0 Å². The Kier molecular flexibility index (Phi) is 3.13. The molecule has 0 unspecified atom stereocenters. The van der Waals surface area contributed by atoms with Crippen LogP contribution in [-0.2, 0) is 0 Å². The number of benzene rings is 3. The number of nitrogens with zero attached hydrogens (tertiary/aromatic N) is 1. The van der Waals surface area contributed by atoms with E-state index in [1.54, 1.807) is 0 Å². The van der Waals surface area contributed by atoms with Crippen molar-refractivity contribution >= 4 is 21.5 Å². The highest BCUT2D eigenvalue weighted by Gasteiger charge is 2.20. The topological polar surface area (TPSA) is 23.5 Å².